The second-order valence-corrected chi connectivity index (χ2v) is 9.28. The van der Waals surface area contributed by atoms with Gasteiger partial charge in [-0.15, -0.1) is 0 Å². The summed E-state index contributed by atoms with van der Waals surface area (Å²) in [7, 11) is -1.93. The van der Waals surface area contributed by atoms with E-state index in [1.165, 1.54) is 21.3 Å². The Bertz CT molecular complexity index is 794. The van der Waals surface area contributed by atoms with E-state index in [2.05, 4.69) is 6.07 Å². The molecule has 1 aliphatic heterocycles. The van der Waals surface area contributed by atoms with Crippen molar-refractivity contribution in [1.29, 1.82) is 5.26 Å². The van der Waals surface area contributed by atoms with Gasteiger partial charge in [-0.3, -0.25) is 4.79 Å². The number of likely N-dealkylation sites (N-methyl/N-ethyl adjacent to an activating group) is 1. The van der Waals surface area contributed by atoms with Gasteiger partial charge in [0.2, 0.25) is 10.0 Å². The fraction of sp³-hybridized carbons (Fsp3) is 0.529. The molecule has 7 nitrogen and oxygen atoms in total. The lowest BCUT2D eigenvalue weighted by molar-refractivity contribution is -0.896. The van der Waals surface area contributed by atoms with E-state index in [-0.39, 0.29) is 17.3 Å². The van der Waals surface area contributed by atoms with Crippen molar-refractivity contribution in [1.82, 2.24) is 9.21 Å². The Labute approximate surface area is 159 Å². The first-order valence-electron chi connectivity index (χ1n) is 8.35. The van der Waals surface area contributed by atoms with E-state index in [9.17, 15) is 13.2 Å². The quantitative estimate of drug-likeness (QED) is 0.754. The number of carbonyl (C=O) groups excluding carboxylic acids is 1. The zero-order chi connectivity index (χ0) is 19.5. The molecule has 1 aliphatic rings. The molecule has 0 unspecified atom stereocenters. The van der Waals surface area contributed by atoms with E-state index < -0.39 is 15.6 Å². The number of amides is 1. The number of piperazine rings is 1. The Balaban J connectivity index is 1.96. The highest BCUT2D eigenvalue weighted by molar-refractivity contribution is 7.89. The van der Waals surface area contributed by atoms with Crippen LogP contribution in [-0.4, -0.2) is 68.8 Å². The minimum atomic E-state index is -3.55. The monoisotopic (exact) mass is 399 g/mol. The number of halogens is 1. The number of quaternary nitrogens is 1. The van der Waals surface area contributed by atoms with Crippen molar-refractivity contribution in [2.24, 2.45) is 0 Å². The van der Waals surface area contributed by atoms with Gasteiger partial charge in [0.25, 0.3) is 5.91 Å². The summed E-state index contributed by atoms with van der Waals surface area (Å²) in [5.41, 5.74) is -0.865. The molecule has 1 fully saturated rings. The van der Waals surface area contributed by atoms with Crippen molar-refractivity contribution >= 4 is 27.5 Å². The van der Waals surface area contributed by atoms with Crippen LogP contribution in [0, 0.1) is 11.3 Å². The van der Waals surface area contributed by atoms with Crippen LogP contribution < -0.4 is 4.90 Å². The van der Waals surface area contributed by atoms with Crippen molar-refractivity contribution < 1.29 is 18.1 Å². The predicted octanol–water partition coefficient (Wildman–Crippen LogP) is -0.0102. The Hall–Kier alpha value is -1.66. The van der Waals surface area contributed by atoms with E-state index in [4.69, 9.17) is 16.9 Å². The molecule has 0 aliphatic carbocycles. The van der Waals surface area contributed by atoms with Crippen LogP contribution in [0.25, 0.3) is 0 Å². The van der Waals surface area contributed by atoms with Crippen molar-refractivity contribution in [2.45, 2.75) is 24.3 Å². The predicted molar refractivity (Wildman–Crippen MR) is 98.2 cm³/mol. The Morgan fingerprint density at radius 1 is 1.31 bits per heavy atom. The van der Waals surface area contributed by atoms with E-state index >= 15 is 0 Å². The molecule has 1 saturated heterocycles. The number of nitriles is 1. The molecule has 0 atom stereocenters. The summed E-state index contributed by atoms with van der Waals surface area (Å²) in [4.78, 5) is 15.0. The van der Waals surface area contributed by atoms with Gasteiger partial charge in [0.05, 0.1) is 37.1 Å². The lowest BCUT2D eigenvalue weighted by Gasteiger charge is -2.34. The smallest absolute Gasteiger partial charge is 0.278 e. The SMILES string of the molecule is CN(C(=O)C[NH+]1CCN(S(=O)(=O)c2ccc(Cl)cc2)CC1)C(C)(C)C#N. The highest BCUT2D eigenvalue weighted by Crippen LogP contribution is 2.18. The molecule has 0 bridgehead atoms. The van der Waals surface area contributed by atoms with Gasteiger partial charge in [0, 0.05) is 12.1 Å². The van der Waals surface area contributed by atoms with E-state index in [0.717, 1.165) is 4.90 Å². The maximum absolute atomic E-state index is 12.7. The molecule has 26 heavy (non-hydrogen) atoms. The first-order chi connectivity index (χ1) is 12.1. The summed E-state index contributed by atoms with van der Waals surface area (Å²) >= 11 is 5.82. The third-order valence-electron chi connectivity index (χ3n) is 4.77. The van der Waals surface area contributed by atoms with Crippen LogP contribution in [0.15, 0.2) is 29.2 Å². The van der Waals surface area contributed by atoms with Gasteiger partial charge >= 0.3 is 0 Å². The van der Waals surface area contributed by atoms with Crippen molar-refractivity contribution in [2.75, 3.05) is 39.8 Å². The number of hydrogen-bond acceptors (Lipinski definition) is 4. The molecule has 1 aromatic rings. The summed E-state index contributed by atoms with van der Waals surface area (Å²) in [6.07, 6.45) is 0. The van der Waals surface area contributed by atoms with Crippen LogP contribution >= 0.6 is 11.6 Å². The molecular weight excluding hydrogens is 376 g/mol. The molecule has 0 aromatic heterocycles. The largest absolute Gasteiger partial charge is 0.325 e. The number of rotatable bonds is 5. The molecule has 0 saturated carbocycles. The minimum absolute atomic E-state index is 0.124. The third-order valence-corrected chi connectivity index (χ3v) is 6.93. The number of hydrogen-bond donors (Lipinski definition) is 1. The summed E-state index contributed by atoms with van der Waals surface area (Å²) in [6.45, 7) is 5.40. The van der Waals surface area contributed by atoms with Crippen LogP contribution in [0.3, 0.4) is 0 Å². The van der Waals surface area contributed by atoms with Gasteiger partial charge in [-0.25, -0.2) is 8.42 Å². The van der Waals surface area contributed by atoms with Gasteiger partial charge in [-0.05, 0) is 38.1 Å². The average molecular weight is 400 g/mol. The topological polar surface area (TPSA) is 85.9 Å². The van der Waals surface area contributed by atoms with Crippen LogP contribution in [0.2, 0.25) is 5.02 Å². The fourth-order valence-electron chi connectivity index (χ4n) is 2.69. The highest BCUT2D eigenvalue weighted by atomic mass is 35.5. The molecule has 2 rings (SSSR count). The maximum atomic E-state index is 12.7. The first-order valence-corrected chi connectivity index (χ1v) is 10.2. The van der Waals surface area contributed by atoms with Crippen molar-refractivity contribution in [3.8, 4) is 6.07 Å². The molecule has 0 radical (unpaired) electrons. The number of benzene rings is 1. The van der Waals surface area contributed by atoms with Crippen LogP contribution in [0.5, 0.6) is 0 Å². The minimum Gasteiger partial charge on any atom is -0.325 e. The molecule has 0 spiro atoms. The van der Waals surface area contributed by atoms with E-state index in [0.29, 0.717) is 31.2 Å². The van der Waals surface area contributed by atoms with Gasteiger partial charge in [-0.1, -0.05) is 11.6 Å². The van der Waals surface area contributed by atoms with Crippen molar-refractivity contribution in [3.05, 3.63) is 29.3 Å². The standard InChI is InChI=1S/C17H23ClN4O3S/c1-17(2,13-19)20(3)16(23)12-21-8-10-22(11-9-21)26(24,25)15-6-4-14(18)5-7-15/h4-7H,8-12H2,1-3H3/p+1. The summed E-state index contributed by atoms with van der Waals surface area (Å²) in [6, 6.07) is 8.22. The lowest BCUT2D eigenvalue weighted by Crippen LogP contribution is -3.15. The molecule has 1 amide bonds. The van der Waals surface area contributed by atoms with Gasteiger partial charge in [0.1, 0.15) is 5.54 Å². The molecule has 1 heterocycles. The number of sulfonamides is 1. The van der Waals surface area contributed by atoms with Crippen LogP contribution in [-0.2, 0) is 14.8 Å². The number of carbonyl (C=O) groups is 1. The highest BCUT2D eigenvalue weighted by Gasteiger charge is 2.33. The Kier molecular flexibility index (Phi) is 6.29. The summed E-state index contributed by atoms with van der Waals surface area (Å²) in [5, 5.41) is 9.62. The number of nitrogens with zero attached hydrogens (tertiary/aromatic N) is 3. The fourth-order valence-corrected chi connectivity index (χ4v) is 4.26. The molecule has 1 aromatic carbocycles. The lowest BCUT2D eigenvalue weighted by atomic mass is 10.1. The normalized spacial score (nSPS) is 16.9. The third kappa shape index (κ3) is 4.54. The zero-order valence-corrected chi connectivity index (χ0v) is 16.8. The molecular formula is C17H24ClN4O3S+. The maximum Gasteiger partial charge on any atom is 0.278 e. The summed E-state index contributed by atoms with van der Waals surface area (Å²) in [5.74, 6) is -0.124. The van der Waals surface area contributed by atoms with E-state index in [1.807, 2.05) is 0 Å². The van der Waals surface area contributed by atoms with Crippen molar-refractivity contribution in [3.63, 3.8) is 0 Å². The van der Waals surface area contributed by atoms with Gasteiger partial charge < -0.3 is 9.80 Å². The number of nitrogens with one attached hydrogen (secondary N) is 1. The second kappa shape index (κ2) is 7.92. The van der Waals surface area contributed by atoms with Gasteiger partial charge in [-0.2, -0.15) is 9.57 Å². The molecule has 9 heteroatoms. The Morgan fingerprint density at radius 2 is 1.85 bits per heavy atom. The second-order valence-electron chi connectivity index (χ2n) is 6.91. The molecule has 1 N–H and O–H groups in total. The molecule has 142 valence electrons. The average Bonchev–Trinajstić information content (AvgIpc) is 2.61. The zero-order valence-electron chi connectivity index (χ0n) is 15.2. The first kappa shape index (κ1) is 20.6. The van der Waals surface area contributed by atoms with Crippen LogP contribution in [0.1, 0.15) is 13.8 Å². The summed E-state index contributed by atoms with van der Waals surface area (Å²) < 4.78 is 26.8. The van der Waals surface area contributed by atoms with Crippen LogP contribution in [0.4, 0.5) is 0 Å². The Morgan fingerprint density at radius 3 is 2.35 bits per heavy atom. The van der Waals surface area contributed by atoms with Gasteiger partial charge in [0.15, 0.2) is 6.54 Å². The van der Waals surface area contributed by atoms with E-state index in [1.54, 1.807) is 33.0 Å².